The molecule has 7 atom stereocenters. The molecule has 0 saturated carbocycles. The van der Waals surface area contributed by atoms with E-state index >= 15 is 0 Å². The molecule has 2 rings (SSSR count). The molecule has 9 nitrogen and oxygen atoms in total. The summed E-state index contributed by atoms with van der Waals surface area (Å²) in [5.41, 5.74) is 0.907. The molecule has 2 aliphatic rings. The predicted molar refractivity (Wildman–Crippen MR) is 82.7 cm³/mol. The third kappa shape index (κ3) is 3.86. The molecule has 9 heteroatoms. The molecule has 3 unspecified atom stereocenters. The summed E-state index contributed by atoms with van der Waals surface area (Å²) in [6, 6.07) is 0. The van der Waals surface area contributed by atoms with Crippen LogP contribution in [-0.2, 0) is 23.7 Å². The van der Waals surface area contributed by atoms with Crippen LogP contribution in [0.15, 0.2) is 23.5 Å². The lowest BCUT2D eigenvalue weighted by Crippen LogP contribution is -2.60. The van der Waals surface area contributed by atoms with Gasteiger partial charge in [0.1, 0.15) is 24.4 Å². The first-order valence-electron chi connectivity index (χ1n) is 7.91. The van der Waals surface area contributed by atoms with Gasteiger partial charge in [-0.25, -0.2) is 4.79 Å². The number of rotatable bonds is 4. The highest BCUT2D eigenvalue weighted by Crippen LogP contribution is 2.33. The fourth-order valence-electron chi connectivity index (χ4n) is 2.84. The van der Waals surface area contributed by atoms with Crippen molar-refractivity contribution in [3.8, 4) is 0 Å². The monoisotopic (exact) mass is 360 g/mol. The van der Waals surface area contributed by atoms with Crippen LogP contribution in [0.5, 0.6) is 0 Å². The van der Waals surface area contributed by atoms with Crippen LogP contribution in [-0.4, -0.2) is 77.1 Å². The number of methoxy groups -OCH3 is 1. The minimum absolute atomic E-state index is 0.309. The molecule has 0 radical (unpaired) electrons. The van der Waals surface area contributed by atoms with Crippen LogP contribution in [0, 0.1) is 5.92 Å². The van der Waals surface area contributed by atoms with Crippen molar-refractivity contribution >= 4 is 5.97 Å². The summed E-state index contributed by atoms with van der Waals surface area (Å²) in [6.07, 6.45) is -5.04. The lowest BCUT2D eigenvalue weighted by atomic mass is 9.91. The molecule has 0 aliphatic carbocycles. The largest absolute Gasteiger partial charge is 0.468 e. The Bertz CT molecular complexity index is 542. The van der Waals surface area contributed by atoms with Gasteiger partial charge >= 0.3 is 5.97 Å². The van der Waals surface area contributed by atoms with E-state index in [4.69, 9.17) is 18.9 Å². The maximum Gasteiger partial charge on any atom is 0.337 e. The smallest absolute Gasteiger partial charge is 0.337 e. The second-order valence-electron chi connectivity index (χ2n) is 5.88. The number of allylic oxidation sites excluding steroid dienone is 1. The Morgan fingerprint density at radius 1 is 1.28 bits per heavy atom. The van der Waals surface area contributed by atoms with Crippen molar-refractivity contribution in [2.45, 2.75) is 50.8 Å². The number of aliphatic hydroxyl groups excluding tert-OH is 4. The van der Waals surface area contributed by atoms with Gasteiger partial charge in [-0.1, -0.05) is 13.0 Å². The average Bonchev–Trinajstić information content (AvgIpc) is 2.61. The summed E-state index contributed by atoms with van der Waals surface area (Å²) in [7, 11) is 1.27. The zero-order chi connectivity index (χ0) is 18.7. The molecule has 0 spiro atoms. The van der Waals surface area contributed by atoms with E-state index in [1.165, 1.54) is 13.4 Å². The van der Waals surface area contributed by atoms with E-state index < -0.39 is 49.6 Å². The topological polar surface area (TPSA) is 135 Å². The second-order valence-corrected chi connectivity index (χ2v) is 5.88. The number of esters is 1. The van der Waals surface area contributed by atoms with E-state index in [1.807, 2.05) is 0 Å². The average molecular weight is 360 g/mol. The van der Waals surface area contributed by atoms with Gasteiger partial charge < -0.3 is 39.4 Å². The van der Waals surface area contributed by atoms with Crippen LogP contribution in [0.3, 0.4) is 0 Å². The number of hydrogen-bond acceptors (Lipinski definition) is 9. The summed E-state index contributed by atoms with van der Waals surface area (Å²) in [5, 5.41) is 38.9. The molecule has 142 valence electrons. The Hall–Kier alpha value is -1.49. The van der Waals surface area contributed by atoms with Gasteiger partial charge in [0, 0.05) is 11.5 Å². The minimum atomic E-state index is -1.55. The third-order valence-electron chi connectivity index (χ3n) is 4.42. The van der Waals surface area contributed by atoms with Crippen molar-refractivity contribution in [2.24, 2.45) is 5.92 Å². The summed E-state index contributed by atoms with van der Waals surface area (Å²) >= 11 is 0. The highest BCUT2D eigenvalue weighted by Gasteiger charge is 2.46. The van der Waals surface area contributed by atoms with Crippen molar-refractivity contribution < 1.29 is 44.2 Å². The Morgan fingerprint density at radius 2 is 1.96 bits per heavy atom. The lowest BCUT2D eigenvalue weighted by Gasteiger charge is -2.41. The van der Waals surface area contributed by atoms with Crippen LogP contribution in [0.25, 0.3) is 0 Å². The van der Waals surface area contributed by atoms with E-state index in [-0.39, 0.29) is 5.92 Å². The molecule has 0 aromatic heterocycles. The Balaban J connectivity index is 2.16. The zero-order valence-electron chi connectivity index (χ0n) is 14.2. The maximum atomic E-state index is 11.8. The normalized spacial score (nSPS) is 40.4. The molecule has 25 heavy (non-hydrogen) atoms. The molecule has 2 aliphatic heterocycles. The van der Waals surface area contributed by atoms with E-state index in [0.717, 1.165) is 0 Å². The highest BCUT2D eigenvalue weighted by atomic mass is 16.8. The molecule has 4 N–H and O–H groups in total. The van der Waals surface area contributed by atoms with E-state index in [0.29, 0.717) is 11.1 Å². The first kappa shape index (κ1) is 19.8. The maximum absolute atomic E-state index is 11.8. The molecule has 0 aromatic carbocycles. The van der Waals surface area contributed by atoms with Crippen LogP contribution in [0.1, 0.15) is 13.8 Å². The summed E-state index contributed by atoms with van der Waals surface area (Å²) in [5.74, 6) is -0.890. The number of aliphatic hydroxyl groups is 4. The number of ether oxygens (including phenoxy) is 4. The van der Waals surface area contributed by atoms with E-state index in [1.54, 1.807) is 19.9 Å². The minimum Gasteiger partial charge on any atom is -0.468 e. The van der Waals surface area contributed by atoms with Gasteiger partial charge in [-0.05, 0) is 6.92 Å². The van der Waals surface area contributed by atoms with Crippen LogP contribution < -0.4 is 0 Å². The van der Waals surface area contributed by atoms with Crippen LogP contribution in [0.4, 0.5) is 0 Å². The van der Waals surface area contributed by atoms with Crippen molar-refractivity contribution in [3.63, 3.8) is 0 Å². The van der Waals surface area contributed by atoms with Crippen LogP contribution in [0.2, 0.25) is 0 Å². The molecular weight excluding hydrogens is 336 g/mol. The van der Waals surface area contributed by atoms with Crippen molar-refractivity contribution in [2.75, 3.05) is 13.7 Å². The molecular formula is C16H24O9. The van der Waals surface area contributed by atoms with Gasteiger partial charge in [0.15, 0.2) is 6.29 Å². The van der Waals surface area contributed by atoms with E-state index in [2.05, 4.69) is 0 Å². The predicted octanol–water partition coefficient (Wildman–Crippen LogP) is -1.20. The van der Waals surface area contributed by atoms with Crippen LogP contribution >= 0.6 is 0 Å². The van der Waals surface area contributed by atoms with Crippen molar-refractivity contribution in [1.82, 2.24) is 0 Å². The highest BCUT2D eigenvalue weighted by molar-refractivity contribution is 5.89. The summed E-state index contributed by atoms with van der Waals surface area (Å²) in [6.45, 7) is 2.94. The molecule has 2 heterocycles. The standard InChI is InChI=1S/C16H24O9/c1-4-8-7(2)9(14(21)22-3)6-23-15(8)25-16-13(20)12(19)11(18)10(5-17)24-16/h4,6-7,10-13,15-20H,5H2,1-3H3/b8-4+/t7-,10?,11+,12?,13+,15?,16-/m0/s1. The first-order valence-corrected chi connectivity index (χ1v) is 7.91. The molecule has 0 amide bonds. The number of carbonyl (C=O) groups excluding carboxylic acids is 1. The quantitative estimate of drug-likeness (QED) is 0.360. The Morgan fingerprint density at radius 3 is 2.52 bits per heavy atom. The number of carbonyl (C=O) groups is 1. The number of hydrogen-bond donors (Lipinski definition) is 4. The van der Waals surface area contributed by atoms with Gasteiger partial charge in [0.05, 0.1) is 25.6 Å². The Labute approximate surface area is 145 Å². The summed E-state index contributed by atoms with van der Waals surface area (Å²) in [4.78, 5) is 11.8. The Kier molecular flexibility index (Phi) is 6.55. The first-order chi connectivity index (χ1) is 11.8. The zero-order valence-corrected chi connectivity index (χ0v) is 14.2. The van der Waals surface area contributed by atoms with Crippen molar-refractivity contribution in [1.29, 1.82) is 0 Å². The molecule has 1 saturated heterocycles. The van der Waals surface area contributed by atoms with Gasteiger partial charge in [0.2, 0.25) is 6.29 Å². The fourth-order valence-corrected chi connectivity index (χ4v) is 2.84. The van der Waals surface area contributed by atoms with Gasteiger partial charge in [-0.15, -0.1) is 0 Å². The van der Waals surface area contributed by atoms with Gasteiger partial charge in [0.25, 0.3) is 0 Å². The summed E-state index contributed by atoms with van der Waals surface area (Å²) < 4.78 is 21.0. The molecule has 0 aromatic rings. The van der Waals surface area contributed by atoms with Gasteiger partial charge in [-0.2, -0.15) is 0 Å². The molecule has 1 fully saturated rings. The second kappa shape index (κ2) is 8.26. The van der Waals surface area contributed by atoms with Gasteiger partial charge in [-0.3, -0.25) is 0 Å². The lowest BCUT2D eigenvalue weighted by molar-refractivity contribution is -0.327. The molecule has 0 bridgehead atoms. The third-order valence-corrected chi connectivity index (χ3v) is 4.42. The fraction of sp³-hybridized carbons (Fsp3) is 0.688. The SMILES string of the molecule is C/C=C1/C(O[C@@H]2OC(CO)[C@@H](O)C(O)[C@H]2O)OC=C(C(=O)OC)[C@H]1C. The van der Waals surface area contributed by atoms with E-state index in [9.17, 15) is 25.2 Å². The van der Waals surface area contributed by atoms with Crippen molar-refractivity contribution in [3.05, 3.63) is 23.5 Å².